The molecule has 0 aromatic heterocycles. The first-order valence-corrected chi connectivity index (χ1v) is 7.26. The highest BCUT2D eigenvalue weighted by Gasteiger charge is 2.11. The zero-order valence-corrected chi connectivity index (χ0v) is 11.2. The first-order valence-electron chi connectivity index (χ1n) is 5.78. The van der Waals surface area contributed by atoms with Gasteiger partial charge in [-0.05, 0) is 18.6 Å². The first-order chi connectivity index (χ1) is 8.59. The summed E-state index contributed by atoms with van der Waals surface area (Å²) in [6.07, 6.45) is 0.854. The lowest BCUT2D eigenvalue weighted by Gasteiger charge is -2.13. The lowest BCUT2D eigenvalue weighted by atomic mass is 10.3. The topological polar surface area (TPSA) is 93.4 Å². The molecule has 7 heteroatoms. The van der Waals surface area contributed by atoms with Crippen LogP contribution < -0.4 is 19.9 Å². The van der Waals surface area contributed by atoms with Crippen LogP contribution in [0.5, 0.6) is 5.75 Å². The van der Waals surface area contributed by atoms with Crippen molar-refractivity contribution in [3.8, 4) is 5.75 Å². The van der Waals surface area contributed by atoms with Gasteiger partial charge in [0.1, 0.15) is 5.75 Å². The molecular weight excluding hydrogens is 254 g/mol. The number of nitrogens with one attached hydrogen (secondary N) is 2. The Kier molecular flexibility index (Phi) is 5.90. The van der Waals surface area contributed by atoms with Gasteiger partial charge in [-0.1, -0.05) is 19.1 Å². The summed E-state index contributed by atoms with van der Waals surface area (Å²) in [7, 11) is -3.60. The molecule has 0 radical (unpaired) electrons. The third-order valence-electron chi connectivity index (χ3n) is 2.03. The Labute approximate surface area is 108 Å². The molecule has 0 heterocycles. The highest BCUT2D eigenvalue weighted by molar-refractivity contribution is 7.90. The molecule has 0 aliphatic heterocycles. The zero-order valence-electron chi connectivity index (χ0n) is 10.3. The van der Waals surface area contributed by atoms with Gasteiger partial charge in [0, 0.05) is 13.1 Å². The van der Waals surface area contributed by atoms with Gasteiger partial charge in [0.2, 0.25) is 0 Å². The Balaban J connectivity index is 2.77. The van der Waals surface area contributed by atoms with Crippen LogP contribution in [0.25, 0.3) is 0 Å². The van der Waals surface area contributed by atoms with E-state index in [1.54, 1.807) is 24.3 Å². The Bertz CT molecular complexity index is 462. The van der Waals surface area contributed by atoms with Gasteiger partial charge in [-0.2, -0.15) is 13.1 Å². The van der Waals surface area contributed by atoms with Crippen molar-refractivity contribution in [2.45, 2.75) is 13.3 Å². The monoisotopic (exact) mass is 273 g/mol. The number of anilines is 1. The third-order valence-corrected chi connectivity index (χ3v) is 3.10. The maximum absolute atomic E-state index is 11.7. The fourth-order valence-electron chi connectivity index (χ4n) is 1.26. The highest BCUT2D eigenvalue weighted by atomic mass is 32.2. The molecule has 0 amide bonds. The van der Waals surface area contributed by atoms with E-state index < -0.39 is 10.2 Å². The van der Waals surface area contributed by atoms with Crippen LogP contribution in [0.1, 0.15) is 13.3 Å². The summed E-state index contributed by atoms with van der Waals surface area (Å²) in [6.45, 7) is 2.95. The summed E-state index contributed by atoms with van der Waals surface area (Å²) < 4.78 is 33.5. The van der Waals surface area contributed by atoms with Crippen LogP contribution >= 0.6 is 0 Å². The fraction of sp³-hybridized carbons (Fsp3) is 0.455. The van der Waals surface area contributed by atoms with Crippen molar-refractivity contribution in [2.24, 2.45) is 5.73 Å². The molecule has 0 fully saturated rings. The van der Waals surface area contributed by atoms with Crippen LogP contribution in [-0.2, 0) is 10.2 Å². The molecule has 0 unspecified atom stereocenters. The van der Waals surface area contributed by atoms with E-state index in [1.807, 2.05) is 6.92 Å². The number of hydrogen-bond donors (Lipinski definition) is 3. The molecular formula is C11H19N3O3S. The van der Waals surface area contributed by atoms with E-state index in [1.165, 1.54) is 0 Å². The van der Waals surface area contributed by atoms with Gasteiger partial charge in [-0.15, -0.1) is 0 Å². The molecule has 6 nitrogen and oxygen atoms in total. The SMILES string of the molecule is CCCOc1ccccc1NS(=O)(=O)NCCN. The normalized spacial score (nSPS) is 11.2. The maximum Gasteiger partial charge on any atom is 0.299 e. The number of ether oxygens (including phenoxy) is 1. The van der Waals surface area contributed by atoms with Crippen molar-refractivity contribution in [1.82, 2.24) is 4.72 Å². The van der Waals surface area contributed by atoms with Crippen LogP contribution in [0.3, 0.4) is 0 Å². The smallest absolute Gasteiger partial charge is 0.299 e. The Morgan fingerprint density at radius 2 is 2.06 bits per heavy atom. The van der Waals surface area contributed by atoms with Gasteiger partial charge in [0.05, 0.1) is 12.3 Å². The van der Waals surface area contributed by atoms with Gasteiger partial charge >= 0.3 is 0 Å². The molecule has 0 spiro atoms. The molecule has 0 aliphatic rings. The third kappa shape index (κ3) is 4.91. The average Bonchev–Trinajstić information content (AvgIpc) is 2.35. The van der Waals surface area contributed by atoms with E-state index in [0.717, 1.165) is 6.42 Å². The van der Waals surface area contributed by atoms with Crippen molar-refractivity contribution in [1.29, 1.82) is 0 Å². The molecule has 0 saturated heterocycles. The fourth-order valence-corrected chi connectivity index (χ4v) is 2.18. The lowest BCUT2D eigenvalue weighted by Crippen LogP contribution is -2.34. The van der Waals surface area contributed by atoms with E-state index in [9.17, 15) is 8.42 Å². The molecule has 18 heavy (non-hydrogen) atoms. The Morgan fingerprint density at radius 3 is 2.72 bits per heavy atom. The summed E-state index contributed by atoms with van der Waals surface area (Å²) in [6, 6.07) is 6.89. The van der Waals surface area contributed by atoms with E-state index in [-0.39, 0.29) is 13.1 Å². The number of hydrogen-bond acceptors (Lipinski definition) is 4. The van der Waals surface area contributed by atoms with E-state index in [0.29, 0.717) is 18.0 Å². The largest absolute Gasteiger partial charge is 0.491 e. The van der Waals surface area contributed by atoms with Crippen LogP contribution in [0.4, 0.5) is 5.69 Å². The second-order valence-corrected chi connectivity index (χ2v) is 5.13. The maximum atomic E-state index is 11.7. The zero-order chi connectivity index (χ0) is 13.4. The van der Waals surface area contributed by atoms with Crippen LogP contribution in [-0.4, -0.2) is 28.1 Å². The minimum absolute atomic E-state index is 0.188. The highest BCUT2D eigenvalue weighted by Crippen LogP contribution is 2.24. The Hall–Kier alpha value is -1.31. The molecule has 0 atom stereocenters. The summed E-state index contributed by atoms with van der Waals surface area (Å²) in [5, 5.41) is 0. The summed E-state index contributed by atoms with van der Waals surface area (Å²) in [5.74, 6) is 0.512. The summed E-state index contributed by atoms with van der Waals surface area (Å²) in [5.41, 5.74) is 5.66. The van der Waals surface area contributed by atoms with Gasteiger partial charge in [0.15, 0.2) is 0 Å². The van der Waals surface area contributed by atoms with Crippen LogP contribution in [0, 0.1) is 0 Å². The molecule has 0 aliphatic carbocycles. The molecule has 0 bridgehead atoms. The van der Waals surface area contributed by atoms with Crippen LogP contribution in [0.15, 0.2) is 24.3 Å². The van der Waals surface area contributed by atoms with Crippen molar-refractivity contribution < 1.29 is 13.2 Å². The van der Waals surface area contributed by atoms with Crippen LogP contribution in [0.2, 0.25) is 0 Å². The number of nitrogens with two attached hydrogens (primary N) is 1. The Morgan fingerprint density at radius 1 is 1.33 bits per heavy atom. The molecule has 1 aromatic carbocycles. The number of benzene rings is 1. The van der Waals surface area contributed by atoms with Crippen molar-refractivity contribution in [3.63, 3.8) is 0 Å². The predicted octanol–water partition coefficient (Wildman–Crippen LogP) is 0.680. The molecule has 0 saturated carbocycles. The predicted molar refractivity (Wildman–Crippen MR) is 71.8 cm³/mol. The van der Waals surface area contributed by atoms with E-state index in [2.05, 4.69) is 9.44 Å². The van der Waals surface area contributed by atoms with Gasteiger partial charge < -0.3 is 10.5 Å². The van der Waals surface area contributed by atoms with Gasteiger partial charge in [-0.3, -0.25) is 4.72 Å². The van der Waals surface area contributed by atoms with E-state index >= 15 is 0 Å². The number of rotatable bonds is 8. The molecule has 102 valence electrons. The molecule has 1 rings (SSSR count). The van der Waals surface area contributed by atoms with Gasteiger partial charge in [-0.25, -0.2) is 0 Å². The van der Waals surface area contributed by atoms with Crippen molar-refractivity contribution in [3.05, 3.63) is 24.3 Å². The summed E-state index contributed by atoms with van der Waals surface area (Å²) >= 11 is 0. The molecule has 1 aromatic rings. The number of para-hydroxylation sites is 2. The van der Waals surface area contributed by atoms with Crippen molar-refractivity contribution >= 4 is 15.9 Å². The van der Waals surface area contributed by atoms with E-state index in [4.69, 9.17) is 10.5 Å². The van der Waals surface area contributed by atoms with Gasteiger partial charge in [0.25, 0.3) is 10.2 Å². The summed E-state index contributed by atoms with van der Waals surface area (Å²) in [4.78, 5) is 0. The quantitative estimate of drug-likeness (QED) is 0.649. The minimum atomic E-state index is -3.60. The average molecular weight is 273 g/mol. The molecule has 4 N–H and O–H groups in total. The van der Waals surface area contributed by atoms with Crippen molar-refractivity contribution in [2.75, 3.05) is 24.4 Å². The second kappa shape index (κ2) is 7.20. The minimum Gasteiger partial charge on any atom is -0.491 e. The first kappa shape index (κ1) is 14.7. The standard InChI is InChI=1S/C11H19N3O3S/c1-2-9-17-11-6-4-3-5-10(11)14-18(15,16)13-8-7-12/h3-6,13-14H,2,7-9,12H2,1H3. The lowest BCUT2D eigenvalue weighted by molar-refractivity contribution is 0.319. The second-order valence-electron chi connectivity index (χ2n) is 3.63.